The van der Waals surface area contributed by atoms with Gasteiger partial charge in [0.1, 0.15) is 11.7 Å². The van der Waals surface area contributed by atoms with E-state index in [2.05, 4.69) is 23.7 Å². The van der Waals surface area contributed by atoms with E-state index in [0.717, 1.165) is 30.4 Å². The Labute approximate surface area is 307 Å². The van der Waals surface area contributed by atoms with E-state index in [1.165, 1.54) is 12.1 Å². The van der Waals surface area contributed by atoms with Crippen LogP contribution in [0, 0.1) is 16.0 Å². The maximum Gasteiger partial charge on any atom is 0.518 e. The van der Waals surface area contributed by atoms with Crippen LogP contribution in [0.5, 0.6) is 0 Å². The Morgan fingerprint density at radius 2 is 1.79 bits per heavy atom. The van der Waals surface area contributed by atoms with E-state index in [1.807, 2.05) is 30.3 Å². The molecule has 6 unspecified atom stereocenters. The van der Waals surface area contributed by atoms with Crippen LogP contribution in [-0.2, 0) is 46.0 Å². The van der Waals surface area contributed by atoms with Gasteiger partial charge in [-0.3, -0.25) is 15.0 Å². The summed E-state index contributed by atoms with van der Waals surface area (Å²) in [4.78, 5) is 40.5. The smallest absolute Gasteiger partial charge is 0.444 e. The number of nitrogens with one attached hydrogen (secondary N) is 1. The lowest BCUT2D eigenvalue weighted by molar-refractivity contribution is -0.384. The lowest BCUT2D eigenvalue weighted by Crippen LogP contribution is -2.51. The number of carbonyl (C=O) groups excluding carboxylic acids is 2. The Kier molecular flexibility index (Phi) is 16.6. The highest BCUT2D eigenvalue weighted by molar-refractivity contribution is 7.31. The van der Waals surface area contributed by atoms with Crippen molar-refractivity contribution in [3.05, 3.63) is 75.8 Å². The van der Waals surface area contributed by atoms with Gasteiger partial charge in [0, 0.05) is 31.9 Å². The fraction of sp³-hybridized carbons (Fsp3) is 0.588. The van der Waals surface area contributed by atoms with Crippen molar-refractivity contribution >= 4 is 35.9 Å². The number of fused-ring (bicyclic) bond motifs is 1. The van der Waals surface area contributed by atoms with E-state index >= 15 is 0 Å². The maximum atomic E-state index is 12.6. The summed E-state index contributed by atoms with van der Waals surface area (Å²) < 4.78 is 34.7. The topological polar surface area (TPSA) is 190 Å². The number of hydroxylamine groups is 2. The van der Waals surface area contributed by atoms with Gasteiger partial charge in [0.2, 0.25) is 0 Å². The van der Waals surface area contributed by atoms with Gasteiger partial charge in [-0.2, -0.15) is 5.06 Å². The first-order valence-corrected chi connectivity index (χ1v) is 18.3. The normalized spacial score (nSPS) is 21.5. The third-order valence-corrected chi connectivity index (χ3v) is 8.83. The van der Waals surface area contributed by atoms with Crippen molar-refractivity contribution in [1.82, 2.24) is 10.4 Å². The lowest BCUT2D eigenvalue weighted by atomic mass is 10.0. The number of aliphatic hydroxyl groups excluding tert-OH is 1. The molecule has 16 nitrogen and oxygen atoms in total. The predicted octanol–water partition coefficient (Wildman–Crippen LogP) is 5.74. The standard InChI is InChI=1S/C27H37N3O7.C7H11NO5P2/c1-27(2,3)36-26(32)28-24(17-20-7-5-4-6-8-20)25(31)19-29(37-23-13-15-35-16-14-23)18-21-9-11-22(12-10-21)30(33)34;9-7(13-15-8-14)12-5-3-11-6-4(5)1-2-10-6/h4-12,23-25,31H,13-19H2,1-3H3,(H,28,32);4-6H,1-3,14H2. The molecule has 3 fully saturated rings. The molecule has 286 valence electrons. The van der Waals surface area contributed by atoms with Gasteiger partial charge >= 0.3 is 12.2 Å². The number of nitrogens with zero attached hydrogens (tertiary/aromatic N) is 3. The molecule has 2 aromatic rings. The van der Waals surface area contributed by atoms with Gasteiger partial charge in [-0.05, 0) is 67.0 Å². The molecule has 0 bridgehead atoms. The van der Waals surface area contributed by atoms with Crippen LogP contribution in [-0.4, -0.2) is 96.6 Å². The molecule has 18 heteroatoms. The number of hydrogen-bond acceptors (Lipinski definition) is 14. The first-order valence-electron chi connectivity index (χ1n) is 17.1. The number of nitro benzene ring substituents is 1. The van der Waals surface area contributed by atoms with Crippen LogP contribution in [0.3, 0.4) is 0 Å². The first-order chi connectivity index (χ1) is 24.9. The van der Waals surface area contributed by atoms with Gasteiger partial charge in [-0.25, -0.2) is 14.1 Å². The number of alkyl carbamates (subject to hydrolysis) is 1. The Morgan fingerprint density at radius 3 is 2.44 bits per heavy atom. The van der Waals surface area contributed by atoms with E-state index in [9.17, 15) is 24.8 Å². The van der Waals surface area contributed by atoms with Crippen molar-refractivity contribution in [2.75, 3.05) is 33.0 Å². The summed E-state index contributed by atoms with van der Waals surface area (Å²) in [6.07, 6.45) is -0.193. The Bertz CT molecular complexity index is 1440. The number of ether oxygens (including phenoxy) is 5. The molecule has 52 heavy (non-hydrogen) atoms. The summed E-state index contributed by atoms with van der Waals surface area (Å²) in [5, 5.41) is 26.8. The molecule has 1 amide bonds. The minimum absolute atomic E-state index is 0.00479. The lowest BCUT2D eigenvalue weighted by Gasteiger charge is -2.33. The van der Waals surface area contributed by atoms with Crippen molar-refractivity contribution in [2.24, 2.45) is 10.4 Å². The zero-order valence-corrected chi connectivity index (χ0v) is 31.6. The second kappa shape index (κ2) is 20.8. The van der Waals surface area contributed by atoms with Crippen LogP contribution in [0.15, 0.2) is 59.1 Å². The number of benzene rings is 2. The molecule has 0 spiro atoms. The summed E-state index contributed by atoms with van der Waals surface area (Å²) in [7, 11) is 2.31. The number of hydrogen-bond donors (Lipinski definition) is 2. The molecule has 2 aromatic carbocycles. The molecule has 3 saturated heterocycles. The Balaban J connectivity index is 0.000000334. The van der Waals surface area contributed by atoms with E-state index < -0.39 is 34.9 Å². The summed E-state index contributed by atoms with van der Waals surface area (Å²) >= 11 is 0. The van der Waals surface area contributed by atoms with Crippen molar-refractivity contribution < 1.29 is 52.7 Å². The van der Waals surface area contributed by atoms with Gasteiger partial charge in [0.15, 0.2) is 6.29 Å². The number of amides is 1. The number of rotatable bonds is 13. The molecule has 3 aliphatic heterocycles. The summed E-state index contributed by atoms with van der Waals surface area (Å²) in [5.74, 6) is 0.141. The van der Waals surface area contributed by atoms with Gasteiger partial charge in [0.25, 0.3) is 14.3 Å². The first kappa shape index (κ1) is 41.4. The second-order valence-electron chi connectivity index (χ2n) is 13.4. The zero-order chi connectivity index (χ0) is 37.5. The van der Waals surface area contributed by atoms with Gasteiger partial charge in [-0.1, -0.05) is 42.5 Å². The highest BCUT2D eigenvalue weighted by atomic mass is 31.1. The Hall–Kier alpha value is -3.33. The quantitative estimate of drug-likeness (QED) is 0.109. The van der Waals surface area contributed by atoms with E-state index in [4.69, 9.17) is 28.5 Å². The van der Waals surface area contributed by atoms with Crippen LogP contribution in [0.1, 0.15) is 51.2 Å². The third-order valence-electron chi connectivity index (χ3n) is 8.22. The van der Waals surface area contributed by atoms with Gasteiger partial charge in [0.05, 0.1) is 48.8 Å². The molecule has 5 rings (SSSR count). The molecule has 0 aliphatic carbocycles. The summed E-state index contributed by atoms with van der Waals surface area (Å²) in [5.41, 5.74) is 1.07. The van der Waals surface area contributed by atoms with Gasteiger partial charge < -0.3 is 38.6 Å². The maximum absolute atomic E-state index is 12.6. The fourth-order valence-electron chi connectivity index (χ4n) is 5.76. The molecule has 0 radical (unpaired) electrons. The molecular formula is C34H48N4O12P2. The SMILES string of the molecule is CC(C)(C)OC(=O)NC(Cc1ccccc1)C(O)CN(Cc1ccc([N+](=O)[O-])cc1)OC1CCOCC1.O=C(OP=NP)OC1COC2OCCC12. The second-order valence-corrected chi connectivity index (χ2v) is 14.7. The highest BCUT2D eigenvalue weighted by Crippen LogP contribution is 2.33. The van der Waals surface area contributed by atoms with Crippen molar-refractivity contribution in [3.63, 3.8) is 0 Å². The highest BCUT2D eigenvalue weighted by Gasteiger charge is 2.44. The summed E-state index contributed by atoms with van der Waals surface area (Å²) in [6, 6.07) is 15.2. The van der Waals surface area contributed by atoms with E-state index in [0.29, 0.717) is 39.4 Å². The molecule has 0 aromatic heterocycles. The molecule has 3 heterocycles. The van der Waals surface area contributed by atoms with Crippen molar-refractivity contribution in [1.29, 1.82) is 0 Å². The van der Waals surface area contributed by atoms with E-state index in [1.54, 1.807) is 38.0 Å². The number of non-ortho nitro benzene ring substituents is 1. The van der Waals surface area contributed by atoms with Crippen LogP contribution in [0.25, 0.3) is 0 Å². The summed E-state index contributed by atoms with van der Waals surface area (Å²) in [6.45, 7) is 7.96. The predicted molar refractivity (Wildman–Crippen MR) is 192 cm³/mol. The number of aliphatic hydroxyl groups is 1. The van der Waals surface area contributed by atoms with Crippen molar-refractivity contribution in [3.8, 4) is 0 Å². The van der Waals surface area contributed by atoms with Crippen LogP contribution >= 0.6 is 18.0 Å². The fourth-order valence-corrected chi connectivity index (χ4v) is 6.06. The Morgan fingerprint density at radius 1 is 1.08 bits per heavy atom. The number of nitro groups is 1. The van der Waals surface area contributed by atoms with Gasteiger partial charge in [-0.15, -0.1) is 0 Å². The van der Waals surface area contributed by atoms with Crippen LogP contribution in [0.4, 0.5) is 15.3 Å². The average Bonchev–Trinajstić information content (AvgIpc) is 3.73. The zero-order valence-electron chi connectivity index (χ0n) is 29.5. The van der Waals surface area contributed by atoms with Crippen LogP contribution < -0.4 is 5.32 Å². The molecule has 3 aliphatic rings. The molecule has 2 N–H and O–H groups in total. The largest absolute Gasteiger partial charge is 0.518 e. The third kappa shape index (κ3) is 14.2. The molecular weight excluding hydrogens is 718 g/mol. The van der Waals surface area contributed by atoms with E-state index in [-0.39, 0.29) is 45.2 Å². The average molecular weight is 767 g/mol. The minimum Gasteiger partial charge on any atom is -0.444 e. The van der Waals surface area contributed by atoms with Crippen LogP contribution in [0.2, 0.25) is 0 Å². The molecule has 0 saturated carbocycles. The number of carbonyl (C=O) groups is 2. The molecule has 6 atom stereocenters. The van der Waals surface area contributed by atoms with Crippen molar-refractivity contribution in [2.45, 2.75) is 89.2 Å². The monoisotopic (exact) mass is 766 g/mol. The minimum atomic E-state index is -0.995.